The minimum atomic E-state index is -0.297. The van der Waals surface area contributed by atoms with Gasteiger partial charge in [0, 0.05) is 50.3 Å². The van der Waals surface area contributed by atoms with E-state index in [1.165, 1.54) is 24.8 Å². The first-order valence-corrected chi connectivity index (χ1v) is 11.0. The first kappa shape index (κ1) is 18.9. The van der Waals surface area contributed by atoms with Gasteiger partial charge in [-0.1, -0.05) is 0 Å². The average Bonchev–Trinajstić information content (AvgIpc) is 2.76. The number of hydrogen-bond donors (Lipinski definition) is 0. The molecule has 2 fully saturated rings. The van der Waals surface area contributed by atoms with Crippen molar-refractivity contribution in [1.82, 2.24) is 24.8 Å². The summed E-state index contributed by atoms with van der Waals surface area (Å²) in [7, 11) is 0. The van der Waals surface area contributed by atoms with Gasteiger partial charge in [0.05, 0.1) is 12.3 Å². The number of rotatable bonds is 3. The number of anilines is 1. The lowest BCUT2D eigenvalue weighted by Gasteiger charge is -2.45. The van der Waals surface area contributed by atoms with Crippen molar-refractivity contribution in [2.24, 2.45) is 0 Å². The summed E-state index contributed by atoms with van der Waals surface area (Å²) in [6, 6.07) is 0. The summed E-state index contributed by atoms with van der Waals surface area (Å²) in [5.41, 5.74) is 3.22. The van der Waals surface area contributed by atoms with Gasteiger partial charge in [-0.25, -0.2) is 19.9 Å². The Kier molecular flexibility index (Phi) is 5.18. The SMILES string of the molecule is Cc1ncc2c(n1)[C@]1(CCCN(Cc3cnc(N4CCCCC4)nc3)C1)OCC2. The molecule has 7 nitrogen and oxygen atoms in total. The lowest BCUT2D eigenvalue weighted by atomic mass is 9.84. The van der Waals surface area contributed by atoms with Crippen molar-refractivity contribution in [2.45, 2.75) is 57.6 Å². The molecule has 2 aromatic heterocycles. The van der Waals surface area contributed by atoms with E-state index in [1.54, 1.807) is 0 Å². The van der Waals surface area contributed by atoms with Crippen LogP contribution < -0.4 is 4.90 Å². The Morgan fingerprint density at radius 3 is 2.66 bits per heavy atom. The van der Waals surface area contributed by atoms with Gasteiger partial charge < -0.3 is 9.64 Å². The molecule has 7 heteroatoms. The van der Waals surface area contributed by atoms with Crippen LogP contribution in [0.2, 0.25) is 0 Å². The van der Waals surface area contributed by atoms with Crippen molar-refractivity contribution < 1.29 is 4.74 Å². The van der Waals surface area contributed by atoms with Gasteiger partial charge in [0.2, 0.25) is 5.95 Å². The molecule has 1 atom stereocenters. The van der Waals surface area contributed by atoms with Crippen molar-refractivity contribution in [3.8, 4) is 0 Å². The average molecular weight is 395 g/mol. The number of hydrogen-bond acceptors (Lipinski definition) is 7. The maximum atomic E-state index is 6.38. The molecule has 0 aromatic carbocycles. The normalized spacial score (nSPS) is 25.2. The monoisotopic (exact) mass is 394 g/mol. The highest BCUT2D eigenvalue weighted by Crippen LogP contribution is 2.39. The van der Waals surface area contributed by atoms with E-state index in [2.05, 4.69) is 24.8 Å². The molecule has 1 spiro atoms. The highest BCUT2D eigenvalue weighted by molar-refractivity contribution is 5.31. The molecule has 0 amide bonds. The van der Waals surface area contributed by atoms with Crippen LogP contribution in [-0.2, 0) is 23.3 Å². The molecule has 3 aliphatic heterocycles. The minimum absolute atomic E-state index is 0.297. The second kappa shape index (κ2) is 7.95. The van der Waals surface area contributed by atoms with Crippen molar-refractivity contribution in [2.75, 3.05) is 37.7 Å². The molecule has 29 heavy (non-hydrogen) atoms. The molecule has 0 radical (unpaired) electrons. The second-order valence-electron chi connectivity index (χ2n) is 8.64. The fraction of sp³-hybridized carbons (Fsp3) is 0.636. The van der Waals surface area contributed by atoms with Crippen LogP contribution >= 0.6 is 0 Å². The highest BCUT2D eigenvalue weighted by atomic mass is 16.5. The van der Waals surface area contributed by atoms with Crippen molar-refractivity contribution in [1.29, 1.82) is 0 Å². The van der Waals surface area contributed by atoms with E-state index in [1.807, 2.05) is 25.5 Å². The lowest BCUT2D eigenvalue weighted by Crippen LogP contribution is -2.50. The molecule has 0 N–H and O–H groups in total. The number of ether oxygens (including phenoxy) is 1. The van der Waals surface area contributed by atoms with Gasteiger partial charge in [-0.15, -0.1) is 0 Å². The molecule has 5 rings (SSSR count). The van der Waals surface area contributed by atoms with Crippen molar-refractivity contribution in [3.05, 3.63) is 41.2 Å². The molecule has 0 unspecified atom stereocenters. The zero-order valence-corrected chi connectivity index (χ0v) is 17.3. The van der Waals surface area contributed by atoms with Gasteiger partial charge in [-0.05, 0) is 57.6 Å². The summed E-state index contributed by atoms with van der Waals surface area (Å²) in [5, 5.41) is 0. The molecule has 0 aliphatic carbocycles. The van der Waals surface area contributed by atoms with Crippen LogP contribution in [-0.4, -0.2) is 57.6 Å². The Morgan fingerprint density at radius 1 is 1.00 bits per heavy atom. The molecular weight excluding hydrogens is 364 g/mol. The van der Waals surface area contributed by atoms with E-state index >= 15 is 0 Å². The summed E-state index contributed by atoms with van der Waals surface area (Å²) in [6.45, 7) is 7.65. The van der Waals surface area contributed by atoms with Gasteiger partial charge in [0.1, 0.15) is 11.4 Å². The summed E-state index contributed by atoms with van der Waals surface area (Å²) in [5.74, 6) is 1.70. The predicted octanol–water partition coefficient (Wildman–Crippen LogP) is 2.63. The fourth-order valence-corrected chi connectivity index (χ4v) is 5.00. The summed E-state index contributed by atoms with van der Waals surface area (Å²) < 4.78 is 6.38. The zero-order chi connectivity index (χ0) is 19.7. The van der Waals surface area contributed by atoms with E-state index in [9.17, 15) is 0 Å². The van der Waals surface area contributed by atoms with Crippen LogP contribution in [0.4, 0.5) is 5.95 Å². The van der Waals surface area contributed by atoms with Crippen LogP contribution in [0.25, 0.3) is 0 Å². The number of nitrogens with zero attached hydrogens (tertiary/aromatic N) is 6. The van der Waals surface area contributed by atoms with Gasteiger partial charge in [-0.2, -0.15) is 0 Å². The van der Waals surface area contributed by atoms with Gasteiger partial charge in [0.25, 0.3) is 0 Å². The predicted molar refractivity (Wildman–Crippen MR) is 111 cm³/mol. The third-order valence-corrected chi connectivity index (χ3v) is 6.44. The molecule has 2 saturated heterocycles. The van der Waals surface area contributed by atoms with Gasteiger partial charge in [-0.3, -0.25) is 4.90 Å². The van der Waals surface area contributed by atoms with E-state index < -0.39 is 0 Å². The number of likely N-dealkylation sites (tertiary alicyclic amines) is 1. The Morgan fingerprint density at radius 2 is 1.83 bits per heavy atom. The Balaban J connectivity index is 1.30. The molecule has 0 bridgehead atoms. The quantitative estimate of drug-likeness (QED) is 0.793. The molecule has 3 aliphatic rings. The maximum absolute atomic E-state index is 6.38. The third-order valence-electron chi connectivity index (χ3n) is 6.44. The molecule has 154 valence electrons. The Bertz CT molecular complexity index is 851. The zero-order valence-electron chi connectivity index (χ0n) is 17.3. The largest absolute Gasteiger partial charge is 0.367 e. The summed E-state index contributed by atoms with van der Waals surface area (Å²) in [6.07, 6.45) is 12.8. The third kappa shape index (κ3) is 3.85. The molecule has 5 heterocycles. The maximum Gasteiger partial charge on any atom is 0.225 e. The number of aromatic nitrogens is 4. The standard InChI is InChI=1S/C22H30N6O/c1-17-23-14-19-6-11-29-22(20(19)26-17)7-5-8-27(16-22)15-18-12-24-21(25-13-18)28-9-3-2-4-10-28/h12-14H,2-11,15-16H2,1H3/t22-/m1/s1. The molecule has 0 saturated carbocycles. The Hall–Kier alpha value is -2.12. The summed E-state index contributed by atoms with van der Waals surface area (Å²) >= 11 is 0. The van der Waals surface area contributed by atoms with Crippen molar-refractivity contribution in [3.63, 3.8) is 0 Å². The van der Waals surface area contributed by atoms with Crippen LogP contribution in [0.5, 0.6) is 0 Å². The molecule has 2 aromatic rings. The fourth-order valence-electron chi connectivity index (χ4n) is 5.00. The smallest absolute Gasteiger partial charge is 0.225 e. The van der Waals surface area contributed by atoms with Crippen LogP contribution in [0.1, 0.15) is 54.7 Å². The Labute approximate surface area is 172 Å². The van der Waals surface area contributed by atoms with E-state index in [-0.39, 0.29) is 5.60 Å². The van der Waals surface area contributed by atoms with Crippen LogP contribution in [0, 0.1) is 6.92 Å². The van der Waals surface area contributed by atoms with Gasteiger partial charge in [0.15, 0.2) is 0 Å². The number of piperidine rings is 2. The first-order chi connectivity index (χ1) is 14.2. The van der Waals surface area contributed by atoms with E-state index in [0.717, 1.165) is 81.6 Å². The van der Waals surface area contributed by atoms with Crippen LogP contribution in [0.3, 0.4) is 0 Å². The van der Waals surface area contributed by atoms with Crippen molar-refractivity contribution >= 4 is 5.95 Å². The first-order valence-electron chi connectivity index (χ1n) is 11.0. The highest BCUT2D eigenvalue weighted by Gasteiger charge is 2.43. The van der Waals surface area contributed by atoms with E-state index in [0.29, 0.717) is 0 Å². The lowest BCUT2D eigenvalue weighted by molar-refractivity contribution is -0.109. The molecular formula is C22H30N6O. The topological polar surface area (TPSA) is 67.3 Å². The second-order valence-corrected chi connectivity index (χ2v) is 8.64. The number of aryl methyl sites for hydroxylation is 1. The minimum Gasteiger partial charge on any atom is -0.367 e. The number of fused-ring (bicyclic) bond motifs is 2. The van der Waals surface area contributed by atoms with Crippen LogP contribution in [0.15, 0.2) is 18.6 Å². The van der Waals surface area contributed by atoms with E-state index in [4.69, 9.17) is 9.72 Å². The summed E-state index contributed by atoms with van der Waals surface area (Å²) in [4.78, 5) is 23.3. The van der Waals surface area contributed by atoms with Gasteiger partial charge >= 0.3 is 0 Å².